The van der Waals surface area contributed by atoms with Crippen molar-refractivity contribution in [1.29, 1.82) is 0 Å². The molecule has 1 aromatic heterocycles. The Labute approximate surface area is 393 Å². The molecule has 1 heterocycles. The number of aromatic nitrogens is 1. The molecule has 0 N–H and O–H groups in total. The van der Waals surface area contributed by atoms with Crippen LogP contribution in [0.3, 0.4) is 0 Å². The molecule has 0 spiro atoms. The van der Waals surface area contributed by atoms with Gasteiger partial charge in [-0.3, -0.25) is 0 Å². The Hall–Kier alpha value is -8.00. The Morgan fingerprint density at radius 1 is 0.308 bits per heavy atom. The van der Waals surface area contributed by atoms with Crippen LogP contribution < -0.4 is 0 Å². The number of nitrogens with zero attached hydrogens (tertiary/aromatic N) is 1. The van der Waals surface area contributed by atoms with Crippen LogP contribution in [0.4, 0.5) is 0 Å². The summed E-state index contributed by atoms with van der Waals surface area (Å²) in [4.78, 5) is 0. The first kappa shape index (κ1) is 31.8. The number of fused-ring (bicyclic) bond motifs is 3. The van der Waals surface area contributed by atoms with Crippen LogP contribution in [0.1, 0.15) is 37.3 Å². The molecule has 11 aromatic rings. The summed E-state index contributed by atoms with van der Waals surface area (Å²) in [6.07, 6.45) is 0. The van der Waals surface area contributed by atoms with Gasteiger partial charge in [0, 0.05) is 16.3 Å². The number of hydrogen-bond acceptors (Lipinski definition) is 0. The first-order valence-corrected chi connectivity index (χ1v) is 21.9. The Bertz CT molecular complexity index is 3580. The van der Waals surface area contributed by atoms with E-state index >= 15 is 0 Å². The van der Waals surface area contributed by atoms with E-state index in [1.165, 1.54) is 29.8 Å². The van der Waals surface area contributed by atoms with Crippen LogP contribution >= 0.6 is 0 Å². The zero-order valence-electron chi connectivity index (χ0n) is 44.4. The molecule has 65 heavy (non-hydrogen) atoms. The molecule has 0 fully saturated rings. The summed E-state index contributed by atoms with van der Waals surface area (Å²) in [6.45, 7) is 6.73. The Morgan fingerprint density at radius 2 is 0.646 bits per heavy atom. The first-order chi connectivity index (χ1) is 35.0. The van der Waals surface area contributed by atoms with Crippen LogP contribution in [-0.2, 0) is 5.41 Å². The smallest absolute Gasteiger partial charge is 0.0623 e. The number of rotatable bonds is 8. The van der Waals surface area contributed by atoms with Gasteiger partial charge >= 0.3 is 0 Å². The van der Waals surface area contributed by atoms with Gasteiger partial charge in [-0.15, -0.1) is 0 Å². The van der Waals surface area contributed by atoms with E-state index in [2.05, 4.69) is 135 Å². The lowest BCUT2D eigenvalue weighted by Crippen LogP contribution is -2.13. The Morgan fingerprint density at radius 3 is 1.03 bits per heavy atom. The molecule has 0 aliphatic carbocycles. The molecular formula is C64H49N. The minimum Gasteiger partial charge on any atom is -0.309 e. The summed E-state index contributed by atoms with van der Waals surface area (Å²) in [5.41, 5.74) is 16.2. The fourth-order valence-electron chi connectivity index (χ4n) is 9.24. The van der Waals surface area contributed by atoms with Gasteiger partial charge in [-0.2, -0.15) is 0 Å². The van der Waals surface area contributed by atoms with Gasteiger partial charge in [-0.25, -0.2) is 0 Å². The molecule has 0 saturated carbocycles. The van der Waals surface area contributed by atoms with Gasteiger partial charge in [0.25, 0.3) is 0 Å². The van der Waals surface area contributed by atoms with Crippen molar-refractivity contribution in [1.82, 2.24) is 4.57 Å². The highest BCUT2D eigenvalue weighted by Gasteiger charge is 2.23. The summed E-state index contributed by atoms with van der Waals surface area (Å²) >= 11 is 0. The lowest BCUT2D eigenvalue weighted by molar-refractivity contribution is 0.592. The van der Waals surface area contributed by atoms with E-state index in [1.807, 2.05) is 12.1 Å². The zero-order valence-corrected chi connectivity index (χ0v) is 36.4. The van der Waals surface area contributed by atoms with Crippen molar-refractivity contribution in [3.63, 3.8) is 0 Å². The molecule has 10 aromatic carbocycles. The van der Waals surface area contributed by atoms with Gasteiger partial charge in [-0.1, -0.05) is 197 Å². The topological polar surface area (TPSA) is 4.93 Å². The molecule has 310 valence electrons. The normalized spacial score (nSPS) is 13.3. The summed E-state index contributed by atoms with van der Waals surface area (Å²) in [6, 6.07) is 64.7. The third kappa shape index (κ3) is 7.66. The van der Waals surface area contributed by atoms with Crippen LogP contribution in [0.15, 0.2) is 242 Å². The highest BCUT2D eigenvalue weighted by atomic mass is 15.0. The molecular weight excluding hydrogens is 783 g/mol. The van der Waals surface area contributed by atoms with Crippen LogP contribution in [0.25, 0.3) is 105 Å². The molecule has 0 aliphatic heterocycles. The fourth-order valence-corrected chi connectivity index (χ4v) is 9.24. The quantitative estimate of drug-likeness (QED) is 0.144. The molecule has 0 atom stereocenters. The molecule has 0 bridgehead atoms. The standard InChI is InChI=1S/C64H49N/c1-64(2,3)60-30-18-16-28-56(60)57-29-17-19-31-61(57)65-62-34-32-48(54-38-50(44-20-8-4-9-21-44)36-51(39-54)45-22-10-5-11-23-45)42-58(62)59-43-49(33-35-63(59)65)55-40-52(46-24-12-6-13-25-46)37-53(41-55)47-26-14-7-15-27-47/h4-43H,1-3H3/i8D,9D,10D,11D,12D,13D,14D,15D. The predicted octanol–water partition coefficient (Wildman–Crippen LogP) is 17.8. The summed E-state index contributed by atoms with van der Waals surface area (Å²) < 4.78 is 70.3. The van der Waals surface area contributed by atoms with Gasteiger partial charge < -0.3 is 4.57 Å². The van der Waals surface area contributed by atoms with E-state index in [1.54, 1.807) is 48.5 Å². The van der Waals surface area contributed by atoms with E-state index in [9.17, 15) is 0 Å². The van der Waals surface area contributed by atoms with Crippen molar-refractivity contribution in [2.75, 3.05) is 0 Å². The second-order valence-electron chi connectivity index (χ2n) is 17.6. The van der Waals surface area contributed by atoms with Gasteiger partial charge in [0.1, 0.15) is 0 Å². The molecule has 1 nitrogen and oxygen atoms in total. The van der Waals surface area contributed by atoms with E-state index in [0.29, 0.717) is 0 Å². The maximum absolute atomic E-state index is 8.49. The number of benzene rings is 10. The summed E-state index contributed by atoms with van der Waals surface area (Å²) in [5.74, 6) is 0. The van der Waals surface area contributed by atoms with E-state index in [-0.39, 0.29) is 53.8 Å². The zero-order chi connectivity index (χ0) is 50.9. The molecule has 11 rings (SSSR count). The maximum atomic E-state index is 8.49. The third-order valence-corrected chi connectivity index (χ3v) is 12.4. The van der Waals surface area contributed by atoms with Gasteiger partial charge in [0.15, 0.2) is 0 Å². The largest absolute Gasteiger partial charge is 0.309 e. The molecule has 0 radical (unpaired) electrons. The van der Waals surface area contributed by atoms with Gasteiger partial charge in [-0.05, 0) is 150 Å². The van der Waals surface area contributed by atoms with Crippen LogP contribution in [0.2, 0.25) is 0 Å². The van der Waals surface area contributed by atoms with Crippen molar-refractivity contribution in [2.24, 2.45) is 0 Å². The number of para-hydroxylation sites is 1. The van der Waals surface area contributed by atoms with E-state index in [0.717, 1.165) is 105 Å². The van der Waals surface area contributed by atoms with Crippen molar-refractivity contribution in [3.05, 3.63) is 248 Å². The summed E-state index contributed by atoms with van der Waals surface area (Å²) in [7, 11) is 0. The van der Waals surface area contributed by atoms with Crippen LogP contribution in [-0.4, -0.2) is 4.57 Å². The average molecular weight is 840 g/mol. The Balaban J connectivity index is 1.19. The van der Waals surface area contributed by atoms with E-state index < -0.39 is 0 Å². The van der Waals surface area contributed by atoms with E-state index in [4.69, 9.17) is 11.0 Å². The minimum absolute atomic E-state index is 0.127. The predicted molar refractivity (Wildman–Crippen MR) is 278 cm³/mol. The molecule has 1 heteroatoms. The van der Waals surface area contributed by atoms with Crippen LogP contribution in [0.5, 0.6) is 0 Å². The SMILES string of the molecule is [2H]c1cc([2H])cc(-c2cc(-c3cc([2H])cc([2H])c3)cc(-c3ccc4c(c3)c3cc(-c5cc(-c6cc([2H])cc([2H])c6)cc(-c6cc([2H])cc([2H])c6)c5)ccc3n4-c3ccccc3-c3ccccc3C(C)(C)C)c2)c1. The molecule has 0 amide bonds. The lowest BCUT2D eigenvalue weighted by atomic mass is 9.81. The molecule has 0 unspecified atom stereocenters. The van der Waals surface area contributed by atoms with Crippen molar-refractivity contribution in [3.8, 4) is 83.6 Å². The van der Waals surface area contributed by atoms with Gasteiger partial charge in [0.2, 0.25) is 0 Å². The second kappa shape index (κ2) is 16.6. The lowest BCUT2D eigenvalue weighted by Gasteiger charge is -2.24. The van der Waals surface area contributed by atoms with Gasteiger partial charge in [0.05, 0.1) is 27.7 Å². The monoisotopic (exact) mass is 839 g/mol. The van der Waals surface area contributed by atoms with Crippen LogP contribution in [0, 0.1) is 0 Å². The van der Waals surface area contributed by atoms with Crippen molar-refractivity contribution < 1.29 is 11.0 Å². The molecule has 0 saturated heterocycles. The first-order valence-electron chi connectivity index (χ1n) is 25.9. The summed E-state index contributed by atoms with van der Waals surface area (Å²) in [5, 5.41) is 2.00. The molecule has 0 aliphatic rings. The van der Waals surface area contributed by atoms with Crippen molar-refractivity contribution in [2.45, 2.75) is 26.2 Å². The number of hydrogen-bond donors (Lipinski definition) is 0. The van der Waals surface area contributed by atoms with Crippen molar-refractivity contribution >= 4 is 21.8 Å². The highest BCUT2D eigenvalue weighted by molar-refractivity contribution is 6.12. The maximum Gasteiger partial charge on any atom is 0.0623 e. The fraction of sp³-hybridized carbons (Fsp3) is 0.0625. The Kier molecular flexibility index (Phi) is 8.12. The minimum atomic E-state index is -0.127. The third-order valence-electron chi connectivity index (χ3n) is 12.4. The average Bonchev–Trinajstić information content (AvgIpc) is 3.67. The highest BCUT2D eigenvalue weighted by Crippen LogP contribution is 2.43. The second-order valence-corrected chi connectivity index (χ2v) is 17.6.